The SMILES string of the molecule is Cc1cnccc1C(c1cccc2ccccc12)N1CCC(C(=O)O)CC1. The zero-order valence-electron chi connectivity index (χ0n) is 15.5. The van der Waals surface area contributed by atoms with E-state index in [1.54, 1.807) is 0 Å². The number of hydrogen-bond donors (Lipinski definition) is 1. The van der Waals surface area contributed by atoms with Gasteiger partial charge in [0.2, 0.25) is 0 Å². The number of nitrogens with zero attached hydrogens (tertiary/aromatic N) is 2. The Morgan fingerprint density at radius 2 is 1.81 bits per heavy atom. The Morgan fingerprint density at radius 1 is 1.07 bits per heavy atom. The molecule has 4 nitrogen and oxygen atoms in total. The minimum Gasteiger partial charge on any atom is -0.481 e. The predicted molar refractivity (Wildman–Crippen MR) is 107 cm³/mol. The summed E-state index contributed by atoms with van der Waals surface area (Å²) in [6.45, 7) is 3.67. The smallest absolute Gasteiger partial charge is 0.306 e. The summed E-state index contributed by atoms with van der Waals surface area (Å²) in [6, 6.07) is 17.1. The first kappa shape index (κ1) is 17.7. The summed E-state index contributed by atoms with van der Waals surface area (Å²) in [5, 5.41) is 11.8. The Balaban J connectivity index is 1.80. The number of fused-ring (bicyclic) bond motifs is 1. The number of pyridine rings is 1. The van der Waals surface area contributed by atoms with Crippen LogP contribution in [0.4, 0.5) is 0 Å². The van der Waals surface area contributed by atoms with Gasteiger partial charge in [0, 0.05) is 12.4 Å². The number of aryl methyl sites for hydroxylation is 1. The summed E-state index contributed by atoms with van der Waals surface area (Å²) >= 11 is 0. The van der Waals surface area contributed by atoms with E-state index in [0.29, 0.717) is 12.8 Å². The van der Waals surface area contributed by atoms with Gasteiger partial charge in [0.25, 0.3) is 0 Å². The number of hydrogen-bond acceptors (Lipinski definition) is 3. The molecule has 1 aliphatic heterocycles. The van der Waals surface area contributed by atoms with Crippen LogP contribution < -0.4 is 0 Å². The van der Waals surface area contributed by atoms with E-state index >= 15 is 0 Å². The maximum Gasteiger partial charge on any atom is 0.306 e. The molecular formula is C23H24N2O2. The van der Waals surface area contributed by atoms with Gasteiger partial charge in [0.15, 0.2) is 0 Å². The lowest BCUT2D eigenvalue weighted by molar-refractivity contribution is -0.143. The molecule has 1 saturated heterocycles. The number of aromatic nitrogens is 1. The lowest BCUT2D eigenvalue weighted by Gasteiger charge is -2.38. The number of likely N-dealkylation sites (tertiary alicyclic amines) is 1. The molecule has 1 atom stereocenters. The Hall–Kier alpha value is -2.72. The van der Waals surface area contributed by atoms with Crippen LogP contribution in [0.25, 0.3) is 10.8 Å². The highest BCUT2D eigenvalue weighted by Crippen LogP contribution is 2.37. The molecule has 0 saturated carbocycles. The molecular weight excluding hydrogens is 336 g/mol. The van der Waals surface area contributed by atoms with Crippen molar-refractivity contribution in [3.05, 3.63) is 77.6 Å². The molecule has 27 heavy (non-hydrogen) atoms. The lowest BCUT2D eigenvalue weighted by atomic mass is 9.88. The summed E-state index contributed by atoms with van der Waals surface area (Å²) in [4.78, 5) is 18.1. The van der Waals surface area contributed by atoms with E-state index in [1.807, 2.05) is 12.4 Å². The van der Waals surface area contributed by atoms with E-state index in [2.05, 4.69) is 65.3 Å². The van der Waals surface area contributed by atoms with Gasteiger partial charge in [-0.25, -0.2) is 0 Å². The first-order valence-electron chi connectivity index (χ1n) is 9.50. The van der Waals surface area contributed by atoms with Crippen molar-refractivity contribution in [2.75, 3.05) is 13.1 Å². The molecule has 0 aliphatic carbocycles. The third kappa shape index (κ3) is 3.45. The number of benzene rings is 2. The third-order valence-corrected chi connectivity index (χ3v) is 5.72. The zero-order chi connectivity index (χ0) is 18.8. The molecule has 1 aromatic heterocycles. The van der Waals surface area contributed by atoms with Crippen molar-refractivity contribution in [3.8, 4) is 0 Å². The highest BCUT2D eigenvalue weighted by molar-refractivity contribution is 5.86. The average molecular weight is 360 g/mol. The second kappa shape index (κ2) is 7.49. The third-order valence-electron chi connectivity index (χ3n) is 5.72. The number of carboxylic acids is 1. The van der Waals surface area contributed by atoms with Crippen molar-refractivity contribution in [1.82, 2.24) is 9.88 Å². The van der Waals surface area contributed by atoms with Crippen LogP contribution in [0.3, 0.4) is 0 Å². The molecule has 0 radical (unpaired) electrons. The quantitative estimate of drug-likeness (QED) is 0.748. The summed E-state index contributed by atoms with van der Waals surface area (Å²) in [7, 11) is 0. The van der Waals surface area contributed by atoms with Crippen molar-refractivity contribution < 1.29 is 9.90 Å². The van der Waals surface area contributed by atoms with E-state index in [9.17, 15) is 9.90 Å². The van der Waals surface area contributed by atoms with E-state index in [0.717, 1.165) is 18.7 Å². The maximum atomic E-state index is 11.4. The van der Waals surface area contributed by atoms with Gasteiger partial charge in [-0.2, -0.15) is 0 Å². The Morgan fingerprint density at radius 3 is 2.56 bits per heavy atom. The van der Waals surface area contributed by atoms with Crippen LogP contribution in [0.5, 0.6) is 0 Å². The van der Waals surface area contributed by atoms with Crippen LogP contribution in [-0.4, -0.2) is 34.0 Å². The van der Waals surface area contributed by atoms with E-state index in [4.69, 9.17) is 0 Å². The first-order chi connectivity index (χ1) is 13.1. The fourth-order valence-corrected chi connectivity index (χ4v) is 4.25. The van der Waals surface area contributed by atoms with Gasteiger partial charge in [0.1, 0.15) is 0 Å². The van der Waals surface area contributed by atoms with Crippen LogP contribution in [0.15, 0.2) is 60.9 Å². The van der Waals surface area contributed by atoms with Crippen LogP contribution in [0, 0.1) is 12.8 Å². The van der Waals surface area contributed by atoms with Crippen molar-refractivity contribution in [1.29, 1.82) is 0 Å². The molecule has 4 rings (SSSR count). The van der Waals surface area contributed by atoms with E-state index in [1.165, 1.54) is 21.9 Å². The Bertz CT molecular complexity index is 956. The highest BCUT2D eigenvalue weighted by Gasteiger charge is 2.31. The van der Waals surface area contributed by atoms with Gasteiger partial charge in [-0.05, 0) is 66.4 Å². The van der Waals surface area contributed by atoms with E-state index in [-0.39, 0.29) is 12.0 Å². The Labute approximate surface area is 159 Å². The van der Waals surface area contributed by atoms with Gasteiger partial charge < -0.3 is 5.11 Å². The van der Waals surface area contributed by atoms with Crippen molar-refractivity contribution in [3.63, 3.8) is 0 Å². The fourth-order valence-electron chi connectivity index (χ4n) is 4.25. The number of rotatable bonds is 4. The molecule has 0 spiro atoms. The van der Waals surface area contributed by atoms with Crippen LogP contribution in [-0.2, 0) is 4.79 Å². The van der Waals surface area contributed by atoms with Gasteiger partial charge in [-0.15, -0.1) is 0 Å². The molecule has 0 bridgehead atoms. The summed E-state index contributed by atoms with van der Waals surface area (Å²) in [6.07, 6.45) is 5.16. The fraction of sp³-hybridized carbons (Fsp3) is 0.304. The van der Waals surface area contributed by atoms with Crippen molar-refractivity contribution in [2.24, 2.45) is 5.92 Å². The molecule has 0 amide bonds. The van der Waals surface area contributed by atoms with Crippen LogP contribution >= 0.6 is 0 Å². The van der Waals surface area contributed by atoms with Gasteiger partial charge in [0.05, 0.1) is 12.0 Å². The molecule has 4 heteroatoms. The monoisotopic (exact) mass is 360 g/mol. The molecule has 3 aromatic rings. The van der Waals surface area contributed by atoms with Gasteiger partial charge >= 0.3 is 5.97 Å². The average Bonchev–Trinajstić information content (AvgIpc) is 2.70. The number of piperidine rings is 1. The normalized spacial score (nSPS) is 17.1. The zero-order valence-corrected chi connectivity index (χ0v) is 15.5. The molecule has 1 fully saturated rings. The number of carboxylic acid groups (broad SMARTS) is 1. The highest BCUT2D eigenvalue weighted by atomic mass is 16.4. The van der Waals surface area contributed by atoms with E-state index < -0.39 is 5.97 Å². The summed E-state index contributed by atoms with van der Waals surface area (Å²) in [5.74, 6) is -0.899. The number of aliphatic carboxylic acids is 1. The van der Waals surface area contributed by atoms with Crippen LogP contribution in [0.1, 0.15) is 35.6 Å². The van der Waals surface area contributed by atoms with Crippen molar-refractivity contribution in [2.45, 2.75) is 25.8 Å². The number of carbonyl (C=O) groups is 1. The standard InChI is InChI=1S/C23H24N2O2/c1-16-15-24-12-9-19(16)22(25-13-10-18(11-14-25)23(26)27)21-8-4-6-17-5-2-3-7-20(17)21/h2-9,12,15,18,22H,10-11,13-14H2,1H3,(H,26,27). The minimum atomic E-state index is -0.670. The first-order valence-corrected chi connectivity index (χ1v) is 9.50. The van der Waals surface area contributed by atoms with Crippen molar-refractivity contribution >= 4 is 16.7 Å². The van der Waals surface area contributed by atoms with Gasteiger partial charge in [-0.1, -0.05) is 42.5 Å². The molecule has 2 aromatic carbocycles. The van der Waals surface area contributed by atoms with Gasteiger partial charge in [-0.3, -0.25) is 14.7 Å². The second-order valence-electron chi connectivity index (χ2n) is 7.35. The summed E-state index contributed by atoms with van der Waals surface area (Å²) in [5.41, 5.74) is 3.68. The summed E-state index contributed by atoms with van der Waals surface area (Å²) < 4.78 is 0. The molecule has 138 valence electrons. The minimum absolute atomic E-state index is 0.105. The Kier molecular flexibility index (Phi) is 4.90. The largest absolute Gasteiger partial charge is 0.481 e. The topological polar surface area (TPSA) is 53.4 Å². The maximum absolute atomic E-state index is 11.4. The predicted octanol–water partition coefficient (Wildman–Crippen LogP) is 4.43. The second-order valence-corrected chi connectivity index (χ2v) is 7.35. The molecule has 1 aliphatic rings. The van der Waals surface area contributed by atoms with Crippen LogP contribution in [0.2, 0.25) is 0 Å². The molecule has 1 N–H and O–H groups in total. The molecule has 2 heterocycles. The molecule has 1 unspecified atom stereocenters. The lowest BCUT2D eigenvalue weighted by Crippen LogP contribution is -2.39.